The van der Waals surface area contributed by atoms with Gasteiger partial charge in [0.1, 0.15) is 18.0 Å². The second-order valence-corrected chi connectivity index (χ2v) is 5.81. The van der Waals surface area contributed by atoms with Gasteiger partial charge in [-0.05, 0) is 38.0 Å². The summed E-state index contributed by atoms with van der Waals surface area (Å²) in [6.07, 6.45) is 6.10. The van der Waals surface area contributed by atoms with Crippen LogP contribution in [0.4, 0.5) is 11.6 Å². The number of rotatable bonds is 5. The van der Waals surface area contributed by atoms with Crippen LogP contribution in [-0.2, 0) is 6.42 Å². The Labute approximate surface area is 120 Å². The second-order valence-electron chi connectivity index (χ2n) is 5.81. The molecule has 0 spiro atoms. The van der Waals surface area contributed by atoms with Gasteiger partial charge in [0.15, 0.2) is 0 Å². The van der Waals surface area contributed by atoms with Gasteiger partial charge in [0, 0.05) is 12.1 Å². The number of aromatic nitrogens is 2. The van der Waals surface area contributed by atoms with Gasteiger partial charge in [0.2, 0.25) is 0 Å². The molecule has 1 saturated carbocycles. The van der Waals surface area contributed by atoms with Crippen LogP contribution in [0.2, 0.25) is 0 Å². The molecule has 1 heterocycles. The maximum atomic E-state index is 10.6. The maximum absolute atomic E-state index is 10.6. The molecular weight excluding hydrogens is 254 g/mol. The van der Waals surface area contributed by atoms with Crippen LogP contribution in [-0.4, -0.2) is 27.2 Å². The minimum absolute atomic E-state index is 0.522. The SMILES string of the molecule is CCc1c(NN)ncnc1NCC1(O)CCC(C)CC1. The number of anilines is 2. The summed E-state index contributed by atoms with van der Waals surface area (Å²) in [4.78, 5) is 8.36. The summed E-state index contributed by atoms with van der Waals surface area (Å²) in [6, 6.07) is 0. The van der Waals surface area contributed by atoms with E-state index in [-0.39, 0.29) is 0 Å². The first-order chi connectivity index (χ1) is 9.58. The topological polar surface area (TPSA) is 96.1 Å². The molecule has 6 nitrogen and oxygen atoms in total. The highest BCUT2D eigenvalue weighted by molar-refractivity contribution is 5.56. The van der Waals surface area contributed by atoms with E-state index in [2.05, 4.69) is 27.6 Å². The smallest absolute Gasteiger partial charge is 0.148 e. The lowest BCUT2D eigenvalue weighted by molar-refractivity contribution is 0.00493. The third-order valence-corrected chi connectivity index (χ3v) is 4.23. The van der Waals surface area contributed by atoms with Crippen molar-refractivity contribution < 1.29 is 5.11 Å². The van der Waals surface area contributed by atoms with Crippen LogP contribution < -0.4 is 16.6 Å². The first-order valence-corrected chi connectivity index (χ1v) is 7.34. The van der Waals surface area contributed by atoms with Gasteiger partial charge in [-0.1, -0.05) is 13.8 Å². The fourth-order valence-electron chi connectivity index (χ4n) is 2.75. The summed E-state index contributed by atoms with van der Waals surface area (Å²) < 4.78 is 0. The largest absolute Gasteiger partial charge is 0.388 e. The molecule has 1 aliphatic rings. The molecule has 0 atom stereocenters. The maximum Gasteiger partial charge on any atom is 0.148 e. The molecule has 0 saturated heterocycles. The highest BCUT2D eigenvalue weighted by Gasteiger charge is 2.31. The van der Waals surface area contributed by atoms with E-state index in [0.29, 0.717) is 18.3 Å². The fourth-order valence-corrected chi connectivity index (χ4v) is 2.75. The third-order valence-electron chi connectivity index (χ3n) is 4.23. The quantitative estimate of drug-likeness (QED) is 0.484. The van der Waals surface area contributed by atoms with Gasteiger partial charge in [0.05, 0.1) is 5.60 Å². The predicted octanol–water partition coefficient (Wildman–Crippen LogP) is 1.68. The Morgan fingerprint density at radius 3 is 2.60 bits per heavy atom. The number of aliphatic hydroxyl groups is 1. The number of nitrogens with one attached hydrogen (secondary N) is 2. The molecule has 1 aromatic rings. The lowest BCUT2D eigenvalue weighted by Gasteiger charge is -2.35. The number of nitrogens with zero attached hydrogens (tertiary/aromatic N) is 2. The van der Waals surface area contributed by atoms with Crippen LogP contribution in [0.3, 0.4) is 0 Å². The van der Waals surface area contributed by atoms with Crippen molar-refractivity contribution in [2.24, 2.45) is 11.8 Å². The molecule has 1 aromatic heterocycles. The van der Waals surface area contributed by atoms with E-state index in [4.69, 9.17) is 5.84 Å². The van der Waals surface area contributed by atoms with Crippen LogP contribution >= 0.6 is 0 Å². The van der Waals surface area contributed by atoms with Crippen LogP contribution in [0.5, 0.6) is 0 Å². The van der Waals surface area contributed by atoms with E-state index in [1.54, 1.807) is 0 Å². The average Bonchev–Trinajstić information content (AvgIpc) is 2.48. The Morgan fingerprint density at radius 1 is 1.35 bits per heavy atom. The van der Waals surface area contributed by atoms with Gasteiger partial charge in [-0.3, -0.25) is 0 Å². The Bertz CT molecular complexity index is 443. The zero-order valence-electron chi connectivity index (χ0n) is 12.3. The molecule has 0 amide bonds. The van der Waals surface area contributed by atoms with Crippen molar-refractivity contribution in [3.63, 3.8) is 0 Å². The monoisotopic (exact) mass is 279 g/mol. The van der Waals surface area contributed by atoms with Crippen molar-refractivity contribution in [2.45, 2.75) is 51.6 Å². The molecule has 0 bridgehead atoms. The minimum atomic E-state index is -0.626. The number of hydrogen-bond acceptors (Lipinski definition) is 6. The Balaban J connectivity index is 2.03. The Hall–Kier alpha value is -1.40. The molecule has 112 valence electrons. The van der Waals surface area contributed by atoms with Crippen molar-refractivity contribution in [3.05, 3.63) is 11.9 Å². The normalized spacial score (nSPS) is 26.3. The Morgan fingerprint density at radius 2 is 2.00 bits per heavy atom. The first kappa shape index (κ1) is 15.0. The summed E-state index contributed by atoms with van der Waals surface area (Å²) in [5.41, 5.74) is 2.91. The van der Waals surface area contributed by atoms with E-state index in [9.17, 15) is 5.11 Å². The lowest BCUT2D eigenvalue weighted by atomic mass is 9.79. The molecule has 6 heteroatoms. The van der Waals surface area contributed by atoms with Crippen molar-refractivity contribution in [2.75, 3.05) is 17.3 Å². The minimum Gasteiger partial charge on any atom is -0.388 e. The molecule has 1 fully saturated rings. The zero-order valence-corrected chi connectivity index (χ0v) is 12.3. The average molecular weight is 279 g/mol. The van der Waals surface area contributed by atoms with Crippen molar-refractivity contribution in [1.82, 2.24) is 9.97 Å². The van der Waals surface area contributed by atoms with E-state index in [1.807, 2.05) is 6.92 Å². The molecule has 0 aliphatic heterocycles. The summed E-state index contributed by atoms with van der Waals surface area (Å²) in [5.74, 6) is 7.56. The van der Waals surface area contributed by atoms with E-state index < -0.39 is 5.60 Å². The zero-order chi connectivity index (χ0) is 14.6. The number of hydrogen-bond donors (Lipinski definition) is 4. The first-order valence-electron chi connectivity index (χ1n) is 7.34. The highest BCUT2D eigenvalue weighted by atomic mass is 16.3. The number of nitrogen functional groups attached to an aromatic ring is 1. The number of nitrogens with two attached hydrogens (primary N) is 1. The molecule has 20 heavy (non-hydrogen) atoms. The highest BCUT2D eigenvalue weighted by Crippen LogP contribution is 2.32. The van der Waals surface area contributed by atoms with E-state index >= 15 is 0 Å². The fraction of sp³-hybridized carbons (Fsp3) is 0.714. The van der Waals surface area contributed by atoms with Gasteiger partial charge in [-0.2, -0.15) is 0 Å². The van der Waals surface area contributed by atoms with Crippen molar-refractivity contribution in [1.29, 1.82) is 0 Å². The van der Waals surface area contributed by atoms with Crippen LogP contribution in [0.15, 0.2) is 6.33 Å². The molecule has 1 aliphatic carbocycles. The van der Waals surface area contributed by atoms with Gasteiger partial charge in [-0.15, -0.1) is 0 Å². The molecular formula is C14H25N5O. The summed E-state index contributed by atoms with van der Waals surface area (Å²) in [6.45, 7) is 4.79. The van der Waals surface area contributed by atoms with Gasteiger partial charge in [0.25, 0.3) is 0 Å². The third kappa shape index (κ3) is 3.37. The van der Waals surface area contributed by atoms with Gasteiger partial charge >= 0.3 is 0 Å². The van der Waals surface area contributed by atoms with Crippen LogP contribution in [0, 0.1) is 5.92 Å². The standard InChI is InChI=1S/C14H25N5O/c1-3-11-12(17-9-18-13(11)19-15)16-8-14(20)6-4-10(2)5-7-14/h9-10,20H,3-8,15H2,1-2H3,(H2,16,17,18,19). The molecule has 0 radical (unpaired) electrons. The summed E-state index contributed by atoms with van der Waals surface area (Å²) in [7, 11) is 0. The molecule has 0 unspecified atom stereocenters. The van der Waals surface area contributed by atoms with Crippen LogP contribution in [0.1, 0.15) is 45.1 Å². The van der Waals surface area contributed by atoms with Gasteiger partial charge < -0.3 is 15.8 Å². The molecule has 5 N–H and O–H groups in total. The second kappa shape index (κ2) is 6.37. The lowest BCUT2D eigenvalue weighted by Crippen LogP contribution is -2.40. The van der Waals surface area contributed by atoms with Crippen molar-refractivity contribution >= 4 is 11.6 Å². The molecule has 2 rings (SSSR count). The summed E-state index contributed by atoms with van der Waals surface area (Å²) >= 11 is 0. The number of hydrazine groups is 1. The van der Waals surface area contributed by atoms with E-state index in [0.717, 1.165) is 43.5 Å². The van der Waals surface area contributed by atoms with Crippen molar-refractivity contribution in [3.8, 4) is 0 Å². The Kier molecular flexibility index (Phi) is 4.77. The molecule has 0 aromatic carbocycles. The van der Waals surface area contributed by atoms with Crippen LogP contribution in [0.25, 0.3) is 0 Å². The predicted molar refractivity (Wildman–Crippen MR) is 80.3 cm³/mol. The van der Waals surface area contributed by atoms with E-state index in [1.165, 1.54) is 6.33 Å². The van der Waals surface area contributed by atoms with Gasteiger partial charge in [-0.25, -0.2) is 15.8 Å². The summed E-state index contributed by atoms with van der Waals surface area (Å²) in [5, 5.41) is 13.9.